The predicted molar refractivity (Wildman–Crippen MR) is 120 cm³/mol. The van der Waals surface area contributed by atoms with Crippen LogP contribution in [0.5, 0.6) is 0 Å². The van der Waals surface area contributed by atoms with E-state index in [4.69, 9.17) is 0 Å². The second-order valence-corrected chi connectivity index (χ2v) is 7.36. The molecular formula is C23H18N4O2S. The van der Waals surface area contributed by atoms with Crippen LogP contribution >= 0.6 is 11.8 Å². The first-order valence-corrected chi connectivity index (χ1v) is 10.3. The molecule has 0 spiro atoms. The maximum Gasteiger partial charge on any atom is 0.257 e. The Labute approximate surface area is 177 Å². The molecule has 7 heteroatoms. The van der Waals surface area contributed by atoms with Crippen molar-refractivity contribution in [2.45, 2.75) is 5.03 Å². The Morgan fingerprint density at radius 2 is 1.53 bits per heavy atom. The summed E-state index contributed by atoms with van der Waals surface area (Å²) in [6, 6.07) is 23.8. The maximum atomic E-state index is 12.7. The summed E-state index contributed by atoms with van der Waals surface area (Å²) in [7, 11) is 0. The summed E-state index contributed by atoms with van der Waals surface area (Å²) in [5, 5.41) is 7.31. The number of thioether (sulfide) groups is 1. The van der Waals surface area contributed by atoms with Crippen LogP contribution in [0.15, 0.2) is 90.2 Å². The molecule has 1 heterocycles. The lowest BCUT2D eigenvalue weighted by molar-refractivity contribution is -0.113. The predicted octanol–water partition coefficient (Wildman–Crippen LogP) is 4.61. The monoisotopic (exact) mass is 414 g/mol. The third-order valence-electron chi connectivity index (χ3n) is 4.32. The van der Waals surface area contributed by atoms with Crippen molar-refractivity contribution in [3.05, 3.63) is 90.8 Å². The number of nitrogens with one attached hydrogen (secondary N) is 2. The Kier molecular flexibility index (Phi) is 6.01. The van der Waals surface area contributed by atoms with E-state index in [0.29, 0.717) is 16.9 Å². The fraction of sp³-hybridized carbons (Fsp3) is 0.0435. The molecule has 2 N–H and O–H groups in total. The molecule has 0 fully saturated rings. The standard InChI is InChI=1S/C23H18N4O2S/c28-21(14-30-23-18-11-5-6-12-19(18)24-15-25-23)27-20-13-7-4-10-17(20)22(29)26-16-8-2-1-3-9-16/h1-13,15H,14H2,(H,26,29)(H,27,28). The number of carbonyl (C=O) groups excluding carboxylic acids is 2. The van der Waals surface area contributed by atoms with Gasteiger partial charge in [0, 0.05) is 11.1 Å². The van der Waals surface area contributed by atoms with Gasteiger partial charge in [0.05, 0.1) is 22.5 Å². The van der Waals surface area contributed by atoms with Gasteiger partial charge in [-0.3, -0.25) is 9.59 Å². The molecule has 4 rings (SSSR count). The van der Waals surface area contributed by atoms with Gasteiger partial charge in [0.1, 0.15) is 11.4 Å². The minimum Gasteiger partial charge on any atom is -0.325 e. The van der Waals surface area contributed by atoms with Gasteiger partial charge in [0.2, 0.25) is 5.91 Å². The van der Waals surface area contributed by atoms with E-state index in [1.165, 1.54) is 18.1 Å². The van der Waals surface area contributed by atoms with Crippen molar-refractivity contribution in [1.82, 2.24) is 9.97 Å². The van der Waals surface area contributed by atoms with Crippen LogP contribution in [0.4, 0.5) is 11.4 Å². The largest absolute Gasteiger partial charge is 0.325 e. The molecule has 0 unspecified atom stereocenters. The summed E-state index contributed by atoms with van der Waals surface area (Å²) in [6.45, 7) is 0. The number of fused-ring (bicyclic) bond motifs is 1. The second kappa shape index (κ2) is 9.19. The Bertz CT molecular complexity index is 1190. The molecule has 0 aliphatic rings. The van der Waals surface area contributed by atoms with Crippen molar-refractivity contribution in [2.24, 2.45) is 0 Å². The summed E-state index contributed by atoms with van der Waals surface area (Å²) in [5.41, 5.74) is 2.38. The molecule has 6 nitrogen and oxygen atoms in total. The minimum atomic E-state index is -0.286. The summed E-state index contributed by atoms with van der Waals surface area (Å²) >= 11 is 1.33. The Morgan fingerprint density at radius 1 is 0.800 bits per heavy atom. The van der Waals surface area contributed by atoms with Crippen molar-refractivity contribution in [3.8, 4) is 0 Å². The topological polar surface area (TPSA) is 84.0 Å². The summed E-state index contributed by atoms with van der Waals surface area (Å²) in [5.74, 6) is -0.343. The molecule has 0 saturated heterocycles. The van der Waals surface area contributed by atoms with E-state index < -0.39 is 0 Å². The highest BCUT2D eigenvalue weighted by molar-refractivity contribution is 8.00. The first-order chi connectivity index (χ1) is 14.7. The smallest absolute Gasteiger partial charge is 0.257 e. The highest BCUT2D eigenvalue weighted by atomic mass is 32.2. The molecule has 30 heavy (non-hydrogen) atoms. The van der Waals surface area contributed by atoms with Gasteiger partial charge in [0.25, 0.3) is 5.91 Å². The number of nitrogens with zero attached hydrogens (tertiary/aromatic N) is 2. The first kappa shape index (κ1) is 19.6. The molecule has 0 saturated carbocycles. The van der Waals surface area contributed by atoms with Gasteiger partial charge in [-0.15, -0.1) is 0 Å². The number of amides is 2. The quantitative estimate of drug-likeness (QED) is 0.355. The highest BCUT2D eigenvalue weighted by Gasteiger charge is 2.14. The van der Waals surface area contributed by atoms with E-state index in [0.717, 1.165) is 15.9 Å². The lowest BCUT2D eigenvalue weighted by Gasteiger charge is -2.11. The number of benzene rings is 3. The van der Waals surface area contributed by atoms with Gasteiger partial charge in [-0.05, 0) is 30.3 Å². The fourth-order valence-electron chi connectivity index (χ4n) is 2.93. The van der Waals surface area contributed by atoms with Crippen LogP contribution in [-0.4, -0.2) is 27.5 Å². The number of para-hydroxylation sites is 3. The third kappa shape index (κ3) is 4.64. The number of aromatic nitrogens is 2. The molecule has 2 amide bonds. The van der Waals surface area contributed by atoms with Crippen molar-refractivity contribution < 1.29 is 9.59 Å². The molecule has 148 valence electrons. The van der Waals surface area contributed by atoms with E-state index >= 15 is 0 Å². The summed E-state index contributed by atoms with van der Waals surface area (Å²) < 4.78 is 0. The Morgan fingerprint density at radius 3 is 2.40 bits per heavy atom. The van der Waals surface area contributed by atoms with Gasteiger partial charge in [-0.2, -0.15) is 0 Å². The van der Waals surface area contributed by atoms with Gasteiger partial charge in [-0.25, -0.2) is 9.97 Å². The van der Waals surface area contributed by atoms with Gasteiger partial charge in [-0.1, -0.05) is 60.3 Å². The normalized spacial score (nSPS) is 10.5. The Balaban J connectivity index is 1.44. The average Bonchev–Trinajstić information content (AvgIpc) is 2.78. The van der Waals surface area contributed by atoms with Gasteiger partial charge < -0.3 is 10.6 Å². The first-order valence-electron chi connectivity index (χ1n) is 9.28. The number of carbonyl (C=O) groups is 2. The molecule has 0 bridgehead atoms. The van der Waals surface area contributed by atoms with Crippen molar-refractivity contribution in [2.75, 3.05) is 16.4 Å². The lowest BCUT2D eigenvalue weighted by Crippen LogP contribution is -2.19. The molecule has 0 aliphatic carbocycles. The maximum absolute atomic E-state index is 12.7. The van der Waals surface area contributed by atoms with Crippen LogP contribution in [0.1, 0.15) is 10.4 Å². The number of hydrogen-bond acceptors (Lipinski definition) is 5. The van der Waals surface area contributed by atoms with Crippen LogP contribution in [0.3, 0.4) is 0 Å². The lowest BCUT2D eigenvalue weighted by atomic mass is 10.1. The van der Waals surface area contributed by atoms with Crippen molar-refractivity contribution in [3.63, 3.8) is 0 Å². The minimum absolute atomic E-state index is 0.162. The number of hydrogen-bond donors (Lipinski definition) is 2. The van der Waals surface area contributed by atoms with Crippen LogP contribution in [0.2, 0.25) is 0 Å². The molecule has 0 atom stereocenters. The van der Waals surface area contributed by atoms with Crippen molar-refractivity contribution in [1.29, 1.82) is 0 Å². The van der Waals surface area contributed by atoms with Gasteiger partial charge in [0.15, 0.2) is 0 Å². The molecule has 0 aliphatic heterocycles. The summed E-state index contributed by atoms with van der Waals surface area (Å²) in [4.78, 5) is 33.7. The van der Waals surface area contributed by atoms with E-state index in [2.05, 4.69) is 20.6 Å². The van der Waals surface area contributed by atoms with Crippen LogP contribution < -0.4 is 10.6 Å². The fourth-order valence-corrected chi connectivity index (χ4v) is 3.72. The zero-order chi connectivity index (χ0) is 20.8. The van der Waals surface area contributed by atoms with Crippen LogP contribution in [-0.2, 0) is 4.79 Å². The van der Waals surface area contributed by atoms with Crippen LogP contribution in [0.25, 0.3) is 10.9 Å². The number of anilines is 2. The van der Waals surface area contributed by atoms with E-state index in [-0.39, 0.29) is 17.6 Å². The van der Waals surface area contributed by atoms with E-state index in [1.54, 1.807) is 24.3 Å². The molecule has 3 aromatic carbocycles. The zero-order valence-electron chi connectivity index (χ0n) is 15.9. The average molecular weight is 414 g/mol. The second-order valence-electron chi connectivity index (χ2n) is 6.40. The number of rotatable bonds is 6. The van der Waals surface area contributed by atoms with Gasteiger partial charge >= 0.3 is 0 Å². The Hall–Kier alpha value is -3.71. The highest BCUT2D eigenvalue weighted by Crippen LogP contribution is 2.24. The summed E-state index contributed by atoms with van der Waals surface area (Å²) in [6.07, 6.45) is 1.49. The van der Waals surface area contributed by atoms with Crippen molar-refractivity contribution >= 4 is 45.9 Å². The molecule has 4 aromatic rings. The SMILES string of the molecule is O=C(CSc1ncnc2ccccc12)Nc1ccccc1C(=O)Nc1ccccc1. The molecule has 1 aromatic heterocycles. The molecular weight excluding hydrogens is 396 g/mol. The third-order valence-corrected chi connectivity index (χ3v) is 5.33. The van der Waals surface area contributed by atoms with E-state index in [9.17, 15) is 9.59 Å². The molecule has 0 radical (unpaired) electrons. The van der Waals surface area contributed by atoms with Crippen LogP contribution in [0, 0.1) is 0 Å². The van der Waals surface area contributed by atoms with E-state index in [1.807, 2.05) is 54.6 Å². The zero-order valence-corrected chi connectivity index (χ0v) is 16.7.